The Morgan fingerprint density at radius 3 is 1.77 bits per heavy atom. The number of rotatable bonds is 8. The lowest BCUT2D eigenvalue weighted by molar-refractivity contribution is 0.307. The van der Waals surface area contributed by atoms with Crippen molar-refractivity contribution in [2.24, 2.45) is 0 Å². The Hall–Kier alpha value is -3.18. The Morgan fingerprint density at radius 1 is 0.692 bits per heavy atom. The largest absolute Gasteiger partial charge is 0.494 e. The first-order valence-electron chi connectivity index (χ1n) is 8.95. The molecule has 3 rings (SSSR count). The van der Waals surface area contributed by atoms with Crippen LogP contribution in [0.1, 0.15) is 19.3 Å². The maximum Gasteiger partial charge on any atom is 0.119 e. The summed E-state index contributed by atoms with van der Waals surface area (Å²) in [6, 6.07) is 29.0. The van der Waals surface area contributed by atoms with Gasteiger partial charge in [0.05, 0.1) is 6.61 Å². The summed E-state index contributed by atoms with van der Waals surface area (Å²) < 4.78 is 5.81. The number of ether oxygens (including phenoxy) is 1. The van der Waals surface area contributed by atoms with Gasteiger partial charge in [0.1, 0.15) is 5.75 Å². The molecular formula is C24H23NO. The molecule has 3 aromatic carbocycles. The smallest absolute Gasteiger partial charge is 0.119 e. The lowest BCUT2D eigenvalue weighted by atomic mass is 10.2. The van der Waals surface area contributed by atoms with Crippen molar-refractivity contribution in [3.05, 3.63) is 84.9 Å². The molecule has 0 atom stereocenters. The number of para-hydroxylation sites is 2. The first-order chi connectivity index (χ1) is 12.9. The average molecular weight is 341 g/mol. The zero-order valence-electron chi connectivity index (χ0n) is 14.8. The number of unbranched alkanes of at least 4 members (excludes halogenated alkanes) is 2. The zero-order valence-corrected chi connectivity index (χ0v) is 14.8. The molecule has 2 nitrogen and oxygen atoms in total. The predicted octanol–water partition coefficient (Wildman–Crippen LogP) is 6.34. The molecule has 0 radical (unpaired) electrons. The Morgan fingerprint density at radius 2 is 1.23 bits per heavy atom. The summed E-state index contributed by atoms with van der Waals surface area (Å²) in [7, 11) is 0. The maximum atomic E-state index is 5.81. The van der Waals surface area contributed by atoms with Crippen molar-refractivity contribution in [3.8, 4) is 18.1 Å². The summed E-state index contributed by atoms with van der Waals surface area (Å²) in [4.78, 5) is 2.23. The van der Waals surface area contributed by atoms with Crippen molar-refractivity contribution in [1.82, 2.24) is 0 Å². The molecule has 0 amide bonds. The summed E-state index contributed by atoms with van der Waals surface area (Å²) in [5.74, 6) is 3.54. The highest BCUT2D eigenvalue weighted by Crippen LogP contribution is 2.34. The Balaban J connectivity index is 1.76. The van der Waals surface area contributed by atoms with Crippen molar-refractivity contribution in [3.63, 3.8) is 0 Å². The molecule has 26 heavy (non-hydrogen) atoms. The molecule has 3 aromatic rings. The Labute approximate surface area is 156 Å². The summed E-state index contributed by atoms with van der Waals surface area (Å²) in [6.07, 6.45) is 8.06. The van der Waals surface area contributed by atoms with E-state index in [0.717, 1.165) is 42.1 Å². The van der Waals surface area contributed by atoms with Crippen molar-refractivity contribution >= 4 is 17.1 Å². The number of nitrogens with zero attached hydrogens (tertiary/aromatic N) is 1. The minimum absolute atomic E-state index is 0.697. The van der Waals surface area contributed by atoms with Crippen LogP contribution in [0.3, 0.4) is 0 Å². The topological polar surface area (TPSA) is 12.5 Å². The molecule has 0 aliphatic rings. The van der Waals surface area contributed by atoms with E-state index in [2.05, 4.69) is 71.5 Å². The molecular weight excluding hydrogens is 318 g/mol. The molecule has 0 saturated carbocycles. The van der Waals surface area contributed by atoms with Gasteiger partial charge in [-0.05, 0) is 61.4 Å². The SMILES string of the molecule is C#CCCCCOc1ccc(N(c2ccccc2)c2ccccc2)cc1. The third-order valence-electron chi connectivity index (χ3n) is 4.11. The van der Waals surface area contributed by atoms with Crippen LogP contribution in [0.4, 0.5) is 17.1 Å². The second kappa shape index (κ2) is 9.34. The first-order valence-corrected chi connectivity index (χ1v) is 8.95. The van der Waals surface area contributed by atoms with Crippen LogP contribution < -0.4 is 9.64 Å². The van der Waals surface area contributed by atoms with Gasteiger partial charge in [0.25, 0.3) is 0 Å². The fourth-order valence-corrected chi connectivity index (χ4v) is 2.81. The number of anilines is 3. The van der Waals surface area contributed by atoms with E-state index < -0.39 is 0 Å². The van der Waals surface area contributed by atoms with Crippen LogP contribution >= 0.6 is 0 Å². The van der Waals surface area contributed by atoms with Gasteiger partial charge in [-0.2, -0.15) is 0 Å². The minimum Gasteiger partial charge on any atom is -0.494 e. The third kappa shape index (κ3) is 4.68. The van der Waals surface area contributed by atoms with Gasteiger partial charge in [0, 0.05) is 23.5 Å². The standard InChI is InChI=1S/C24H23NO/c1-2-3-4-11-20-26-24-18-16-23(17-19-24)25(21-12-7-5-8-13-21)22-14-9-6-10-15-22/h1,5-10,12-19H,3-4,11,20H2. The van der Waals surface area contributed by atoms with Crippen LogP contribution in [0.2, 0.25) is 0 Å². The van der Waals surface area contributed by atoms with Gasteiger partial charge in [0.2, 0.25) is 0 Å². The first kappa shape index (κ1) is 17.6. The Kier molecular flexibility index (Phi) is 6.34. The molecule has 130 valence electrons. The van der Waals surface area contributed by atoms with Gasteiger partial charge in [0.15, 0.2) is 0 Å². The van der Waals surface area contributed by atoms with Crippen LogP contribution in [0.5, 0.6) is 5.75 Å². The Bertz CT molecular complexity index is 780. The summed E-state index contributed by atoms with van der Waals surface area (Å²) in [6.45, 7) is 0.697. The second-order valence-corrected chi connectivity index (χ2v) is 6.01. The molecule has 0 spiro atoms. The van der Waals surface area contributed by atoms with Gasteiger partial charge < -0.3 is 9.64 Å². The van der Waals surface area contributed by atoms with Gasteiger partial charge in [-0.25, -0.2) is 0 Å². The highest BCUT2D eigenvalue weighted by atomic mass is 16.5. The summed E-state index contributed by atoms with van der Waals surface area (Å²) >= 11 is 0. The molecule has 0 bridgehead atoms. The lowest BCUT2D eigenvalue weighted by Crippen LogP contribution is -2.09. The van der Waals surface area contributed by atoms with E-state index in [4.69, 9.17) is 11.2 Å². The van der Waals surface area contributed by atoms with Gasteiger partial charge in [-0.3, -0.25) is 0 Å². The molecule has 0 saturated heterocycles. The highest BCUT2D eigenvalue weighted by Gasteiger charge is 2.11. The van der Waals surface area contributed by atoms with E-state index in [1.54, 1.807) is 0 Å². The van der Waals surface area contributed by atoms with Crippen molar-refractivity contribution in [1.29, 1.82) is 0 Å². The molecule has 0 N–H and O–H groups in total. The molecule has 0 aliphatic carbocycles. The van der Waals surface area contributed by atoms with Gasteiger partial charge in [-0.1, -0.05) is 36.4 Å². The molecule has 0 heterocycles. The van der Waals surface area contributed by atoms with E-state index in [1.807, 2.05) is 24.3 Å². The lowest BCUT2D eigenvalue weighted by Gasteiger charge is -2.25. The molecule has 2 heteroatoms. The van der Waals surface area contributed by atoms with E-state index in [0.29, 0.717) is 6.61 Å². The normalized spacial score (nSPS) is 10.1. The fraction of sp³-hybridized carbons (Fsp3) is 0.167. The fourth-order valence-electron chi connectivity index (χ4n) is 2.81. The number of benzene rings is 3. The van der Waals surface area contributed by atoms with Crippen LogP contribution in [0, 0.1) is 12.3 Å². The monoisotopic (exact) mass is 341 g/mol. The van der Waals surface area contributed by atoms with Gasteiger partial charge in [-0.15, -0.1) is 12.3 Å². The number of hydrogen-bond donors (Lipinski definition) is 0. The van der Waals surface area contributed by atoms with E-state index in [-0.39, 0.29) is 0 Å². The van der Waals surface area contributed by atoms with Crippen LogP contribution in [-0.2, 0) is 0 Å². The van der Waals surface area contributed by atoms with E-state index >= 15 is 0 Å². The average Bonchev–Trinajstić information content (AvgIpc) is 2.71. The molecule has 0 unspecified atom stereocenters. The van der Waals surface area contributed by atoms with Crippen LogP contribution in [-0.4, -0.2) is 6.61 Å². The summed E-state index contributed by atoms with van der Waals surface area (Å²) in [5, 5.41) is 0. The second-order valence-electron chi connectivity index (χ2n) is 6.01. The maximum absolute atomic E-state index is 5.81. The van der Waals surface area contributed by atoms with E-state index in [1.165, 1.54) is 0 Å². The molecule has 0 aliphatic heterocycles. The highest BCUT2D eigenvalue weighted by molar-refractivity contribution is 5.76. The van der Waals surface area contributed by atoms with Crippen molar-refractivity contribution < 1.29 is 4.74 Å². The van der Waals surface area contributed by atoms with Crippen molar-refractivity contribution in [2.45, 2.75) is 19.3 Å². The zero-order chi connectivity index (χ0) is 18.0. The number of hydrogen-bond acceptors (Lipinski definition) is 2. The minimum atomic E-state index is 0.697. The number of terminal acetylenes is 1. The third-order valence-corrected chi connectivity index (χ3v) is 4.11. The van der Waals surface area contributed by atoms with Crippen LogP contribution in [0.15, 0.2) is 84.9 Å². The predicted molar refractivity (Wildman–Crippen MR) is 109 cm³/mol. The van der Waals surface area contributed by atoms with Crippen LogP contribution in [0.25, 0.3) is 0 Å². The summed E-state index contributed by atoms with van der Waals surface area (Å²) in [5.41, 5.74) is 3.35. The van der Waals surface area contributed by atoms with E-state index in [9.17, 15) is 0 Å². The van der Waals surface area contributed by atoms with Gasteiger partial charge >= 0.3 is 0 Å². The molecule has 0 fully saturated rings. The molecule has 0 aromatic heterocycles. The van der Waals surface area contributed by atoms with Crippen molar-refractivity contribution in [2.75, 3.05) is 11.5 Å². The quantitative estimate of drug-likeness (QED) is 0.350.